The minimum Gasteiger partial charge on any atom is -0.462 e. The first kappa shape index (κ1) is 22.1. The predicted octanol–water partition coefficient (Wildman–Crippen LogP) is 4.80. The van der Waals surface area contributed by atoms with E-state index in [2.05, 4.69) is 5.32 Å². The van der Waals surface area contributed by atoms with Crippen LogP contribution in [0.5, 0.6) is 0 Å². The molecule has 2 aromatic carbocycles. The van der Waals surface area contributed by atoms with E-state index in [1.165, 1.54) is 4.90 Å². The third-order valence-corrected chi connectivity index (χ3v) is 5.46. The number of carbonyl (C=O) groups is 3. The Kier molecular flexibility index (Phi) is 7.00. The fourth-order valence-corrected chi connectivity index (χ4v) is 3.47. The molecule has 3 rings (SSSR count). The van der Waals surface area contributed by atoms with Crippen molar-refractivity contribution in [2.24, 2.45) is 11.8 Å². The number of anilines is 2. The fourth-order valence-electron chi connectivity index (χ4n) is 3.08. The van der Waals surface area contributed by atoms with Crippen LogP contribution in [0.25, 0.3) is 0 Å². The van der Waals surface area contributed by atoms with Crippen molar-refractivity contribution in [3.63, 3.8) is 0 Å². The minimum atomic E-state index is -0.525. The molecule has 1 heterocycles. The van der Waals surface area contributed by atoms with Gasteiger partial charge in [-0.2, -0.15) is 0 Å². The van der Waals surface area contributed by atoms with Crippen molar-refractivity contribution in [3.05, 3.63) is 58.1 Å². The number of hydrogen-bond donors (Lipinski definition) is 1. The van der Waals surface area contributed by atoms with E-state index in [9.17, 15) is 14.4 Å². The summed E-state index contributed by atoms with van der Waals surface area (Å²) < 4.78 is 5.19. The second-order valence-electron chi connectivity index (χ2n) is 7.54. The number of benzene rings is 2. The smallest absolute Gasteiger partial charge is 0.338 e. The van der Waals surface area contributed by atoms with Gasteiger partial charge in [-0.05, 0) is 42.3 Å². The zero-order valence-electron chi connectivity index (χ0n) is 16.7. The van der Waals surface area contributed by atoms with E-state index < -0.39 is 11.9 Å². The van der Waals surface area contributed by atoms with Crippen molar-refractivity contribution in [3.8, 4) is 0 Å². The number of rotatable bonds is 6. The molecule has 30 heavy (non-hydrogen) atoms. The number of amides is 2. The number of hydrogen-bond acceptors (Lipinski definition) is 4. The Hall–Kier alpha value is -2.57. The van der Waals surface area contributed by atoms with Crippen LogP contribution in [0.15, 0.2) is 42.5 Å². The van der Waals surface area contributed by atoms with Crippen LogP contribution in [-0.2, 0) is 14.3 Å². The Morgan fingerprint density at radius 1 is 1.17 bits per heavy atom. The van der Waals surface area contributed by atoms with Crippen LogP contribution in [0.2, 0.25) is 10.0 Å². The molecule has 8 heteroatoms. The normalized spacial score (nSPS) is 16.1. The van der Waals surface area contributed by atoms with Gasteiger partial charge in [0.25, 0.3) is 0 Å². The Labute approximate surface area is 185 Å². The molecule has 2 aromatic rings. The molecule has 1 aliphatic heterocycles. The number of esters is 1. The van der Waals surface area contributed by atoms with E-state index in [0.29, 0.717) is 28.6 Å². The van der Waals surface area contributed by atoms with Gasteiger partial charge < -0.3 is 15.0 Å². The van der Waals surface area contributed by atoms with Gasteiger partial charge in [-0.25, -0.2) is 4.79 Å². The minimum absolute atomic E-state index is 0.0777. The van der Waals surface area contributed by atoms with E-state index in [1.807, 2.05) is 13.8 Å². The Morgan fingerprint density at radius 3 is 2.53 bits per heavy atom. The molecule has 2 amide bonds. The number of nitrogens with zero attached hydrogens (tertiary/aromatic N) is 1. The quantitative estimate of drug-likeness (QED) is 0.643. The van der Waals surface area contributed by atoms with Gasteiger partial charge >= 0.3 is 5.97 Å². The largest absolute Gasteiger partial charge is 0.462 e. The molecule has 1 fully saturated rings. The first-order chi connectivity index (χ1) is 14.3. The monoisotopic (exact) mass is 448 g/mol. The number of halogens is 2. The number of nitrogens with one attached hydrogen (secondary N) is 1. The molecule has 0 unspecified atom stereocenters. The van der Waals surface area contributed by atoms with Gasteiger partial charge in [0.05, 0.1) is 33.8 Å². The molecule has 0 aliphatic carbocycles. The topological polar surface area (TPSA) is 75.7 Å². The van der Waals surface area contributed by atoms with Crippen LogP contribution in [0, 0.1) is 11.8 Å². The van der Waals surface area contributed by atoms with Crippen molar-refractivity contribution in [1.82, 2.24) is 0 Å². The van der Waals surface area contributed by atoms with Gasteiger partial charge in [0.1, 0.15) is 0 Å². The summed E-state index contributed by atoms with van der Waals surface area (Å²) in [5.74, 6) is -1.15. The lowest BCUT2D eigenvalue weighted by atomic mass is 10.1. The van der Waals surface area contributed by atoms with Crippen LogP contribution in [0.1, 0.15) is 30.6 Å². The van der Waals surface area contributed by atoms with Crippen molar-refractivity contribution < 1.29 is 19.1 Å². The van der Waals surface area contributed by atoms with Gasteiger partial charge in [-0.15, -0.1) is 0 Å². The lowest BCUT2D eigenvalue weighted by Crippen LogP contribution is -2.28. The molecular formula is C22H22Cl2N2O4. The highest BCUT2D eigenvalue weighted by Gasteiger charge is 2.36. The average Bonchev–Trinajstić information content (AvgIpc) is 3.10. The van der Waals surface area contributed by atoms with Gasteiger partial charge in [0.15, 0.2) is 0 Å². The van der Waals surface area contributed by atoms with Gasteiger partial charge in [0, 0.05) is 18.7 Å². The summed E-state index contributed by atoms with van der Waals surface area (Å²) in [6.07, 6.45) is 0.0777. The summed E-state index contributed by atoms with van der Waals surface area (Å²) in [6, 6.07) is 11.5. The lowest BCUT2D eigenvalue weighted by molar-refractivity contribution is -0.122. The summed E-state index contributed by atoms with van der Waals surface area (Å²) in [6.45, 7) is 4.48. The van der Waals surface area contributed by atoms with Gasteiger partial charge in [-0.3, -0.25) is 9.59 Å². The first-order valence-corrected chi connectivity index (χ1v) is 10.3. The maximum atomic E-state index is 12.6. The Balaban J connectivity index is 1.62. The molecule has 0 radical (unpaired) electrons. The second kappa shape index (κ2) is 9.49. The maximum Gasteiger partial charge on any atom is 0.338 e. The van der Waals surface area contributed by atoms with Crippen LogP contribution >= 0.6 is 23.2 Å². The summed E-state index contributed by atoms with van der Waals surface area (Å²) in [7, 11) is 0. The molecular weight excluding hydrogens is 427 g/mol. The highest BCUT2D eigenvalue weighted by atomic mass is 35.5. The zero-order valence-corrected chi connectivity index (χ0v) is 18.2. The molecule has 1 saturated heterocycles. The number of ether oxygens (including phenoxy) is 1. The molecule has 1 aliphatic rings. The van der Waals surface area contributed by atoms with Crippen LogP contribution in [0.3, 0.4) is 0 Å². The molecule has 158 valence electrons. The van der Waals surface area contributed by atoms with Crippen molar-refractivity contribution in [2.45, 2.75) is 20.3 Å². The zero-order chi connectivity index (χ0) is 21.8. The molecule has 0 saturated carbocycles. The van der Waals surface area contributed by atoms with E-state index in [1.54, 1.807) is 42.5 Å². The Bertz CT molecular complexity index is 960. The van der Waals surface area contributed by atoms with E-state index in [0.717, 1.165) is 0 Å². The SMILES string of the molecule is CC(C)COC(=O)c1ccc(NC(=O)[C@H]2CC(=O)N(c3cccc(Cl)c3Cl)C2)cc1. The molecule has 1 atom stereocenters. The summed E-state index contributed by atoms with van der Waals surface area (Å²) in [4.78, 5) is 38.5. The molecule has 0 bridgehead atoms. The highest BCUT2D eigenvalue weighted by Crippen LogP contribution is 2.35. The van der Waals surface area contributed by atoms with Crippen LogP contribution in [-0.4, -0.2) is 30.9 Å². The van der Waals surface area contributed by atoms with Crippen molar-refractivity contribution in [1.29, 1.82) is 0 Å². The average molecular weight is 449 g/mol. The maximum absolute atomic E-state index is 12.6. The second-order valence-corrected chi connectivity index (χ2v) is 8.32. The third-order valence-electron chi connectivity index (χ3n) is 4.65. The molecule has 0 aromatic heterocycles. The van der Waals surface area contributed by atoms with Crippen molar-refractivity contribution >= 4 is 52.4 Å². The predicted molar refractivity (Wildman–Crippen MR) is 117 cm³/mol. The van der Waals surface area contributed by atoms with Gasteiger partial charge in [-0.1, -0.05) is 43.1 Å². The third kappa shape index (κ3) is 5.12. The van der Waals surface area contributed by atoms with Crippen LogP contribution < -0.4 is 10.2 Å². The lowest BCUT2D eigenvalue weighted by Gasteiger charge is -2.18. The Morgan fingerprint density at radius 2 is 1.87 bits per heavy atom. The molecule has 0 spiro atoms. The molecule has 6 nitrogen and oxygen atoms in total. The first-order valence-electron chi connectivity index (χ1n) is 9.58. The van der Waals surface area contributed by atoms with Crippen LogP contribution in [0.4, 0.5) is 11.4 Å². The van der Waals surface area contributed by atoms with E-state index in [4.69, 9.17) is 27.9 Å². The van der Waals surface area contributed by atoms with E-state index >= 15 is 0 Å². The number of carbonyl (C=O) groups excluding carboxylic acids is 3. The molecule has 1 N–H and O–H groups in total. The summed E-state index contributed by atoms with van der Waals surface area (Å²) in [5, 5.41) is 3.42. The summed E-state index contributed by atoms with van der Waals surface area (Å²) in [5.41, 5.74) is 1.44. The standard InChI is InChI=1S/C22H22Cl2N2O4/c1-13(2)12-30-22(29)14-6-8-16(9-7-14)25-21(28)15-10-19(27)26(11-15)18-5-3-4-17(23)20(18)24/h3-9,13,15H,10-12H2,1-2H3,(H,25,28)/t15-/m0/s1. The fraction of sp³-hybridized carbons (Fsp3) is 0.318. The van der Waals surface area contributed by atoms with Gasteiger partial charge in [0.2, 0.25) is 11.8 Å². The van der Waals surface area contributed by atoms with E-state index in [-0.39, 0.29) is 35.7 Å². The highest BCUT2D eigenvalue weighted by molar-refractivity contribution is 6.44. The van der Waals surface area contributed by atoms with Crippen molar-refractivity contribution in [2.75, 3.05) is 23.4 Å². The summed E-state index contributed by atoms with van der Waals surface area (Å²) >= 11 is 12.2.